The molecule has 3 rings (SSSR count). The lowest BCUT2D eigenvalue weighted by Crippen LogP contribution is -2.14. The van der Waals surface area contributed by atoms with E-state index in [1.54, 1.807) is 19.3 Å². The highest BCUT2D eigenvalue weighted by atomic mass is 16.5. The van der Waals surface area contributed by atoms with E-state index in [9.17, 15) is 4.79 Å². The number of rotatable bonds is 3. The maximum atomic E-state index is 11.4. The van der Waals surface area contributed by atoms with Gasteiger partial charge < -0.3 is 9.09 Å². The zero-order chi connectivity index (χ0) is 14.8. The van der Waals surface area contributed by atoms with Crippen LogP contribution in [0.2, 0.25) is 0 Å². The van der Waals surface area contributed by atoms with Crippen LogP contribution >= 0.6 is 0 Å². The van der Waals surface area contributed by atoms with Crippen molar-refractivity contribution in [2.75, 3.05) is 0 Å². The largest absolute Gasteiger partial charge is 0.338 e. The van der Waals surface area contributed by atoms with E-state index in [0.717, 1.165) is 11.1 Å². The molecule has 5 heteroatoms. The summed E-state index contributed by atoms with van der Waals surface area (Å²) in [4.78, 5) is 15.8. The average Bonchev–Trinajstić information content (AvgIpc) is 3.00. The molecule has 0 unspecified atom stereocenters. The van der Waals surface area contributed by atoms with E-state index in [4.69, 9.17) is 4.52 Å². The smallest absolute Gasteiger partial charge is 0.250 e. The Labute approximate surface area is 121 Å². The van der Waals surface area contributed by atoms with Crippen LogP contribution in [0.15, 0.2) is 58.0 Å². The van der Waals surface area contributed by atoms with Crippen LogP contribution in [0.3, 0.4) is 0 Å². The minimum Gasteiger partial charge on any atom is -0.338 e. The number of hydrogen-bond donors (Lipinski definition) is 0. The fraction of sp³-hybridized carbons (Fsp3) is 0.188. The number of nitrogens with zero attached hydrogens (tertiary/aromatic N) is 3. The third kappa shape index (κ3) is 2.63. The van der Waals surface area contributed by atoms with E-state index in [2.05, 4.69) is 10.1 Å². The summed E-state index contributed by atoms with van der Waals surface area (Å²) < 4.78 is 6.85. The van der Waals surface area contributed by atoms with E-state index < -0.39 is 0 Å². The minimum atomic E-state index is -0.0693. The van der Waals surface area contributed by atoms with Gasteiger partial charge in [0.2, 0.25) is 17.3 Å². The van der Waals surface area contributed by atoms with Gasteiger partial charge in [-0.1, -0.05) is 35.5 Å². The zero-order valence-corrected chi connectivity index (χ0v) is 11.9. The molecule has 0 aliphatic carbocycles. The Hall–Kier alpha value is -2.69. The number of aryl methyl sites for hydroxylation is 1. The normalized spacial score (nSPS) is 12.3. The lowest BCUT2D eigenvalue weighted by Gasteiger charge is -2.05. The topological polar surface area (TPSA) is 60.9 Å². The Balaban J connectivity index is 1.93. The lowest BCUT2D eigenvalue weighted by molar-refractivity contribution is 0.371. The minimum absolute atomic E-state index is 0.0278. The molecular formula is C16H15N3O2. The fourth-order valence-corrected chi connectivity index (χ4v) is 2.14. The summed E-state index contributed by atoms with van der Waals surface area (Å²) in [6.07, 6.45) is 1.70. The summed E-state index contributed by atoms with van der Waals surface area (Å²) in [6.45, 7) is 2.02. The Morgan fingerprint density at radius 1 is 1.14 bits per heavy atom. The second-order valence-corrected chi connectivity index (χ2v) is 4.96. The van der Waals surface area contributed by atoms with Crippen LogP contribution in [0.5, 0.6) is 0 Å². The first-order valence-corrected chi connectivity index (χ1v) is 6.71. The van der Waals surface area contributed by atoms with E-state index in [-0.39, 0.29) is 11.5 Å². The molecule has 0 fully saturated rings. The fourth-order valence-electron chi connectivity index (χ4n) is 2.14. The summed E-state index contributed by atoms with van der Waals surface area (Å²) >= 11 is 0. The quantitative estimate of drug-likeness (QED) is 0.740. The van der Waals surface area contributed by atoms with Crippen molar-refractivity contribution < 1.29 is 4.52 Å². The molecule has 3 aromatic rings. The van der Waals surface area contributed by atoms with Crippen molar-refractivity contribution in [3.8, 4) is 11.4 Å². The van der Waals surface area contributed by atoms with E-state index in [1.165, 1.54) is 10.6 Å². The second kappa shape index (κ2) is 5.36. The predicted molar refractivity (Wildman–Crippen MR) is 78.9 cm³/mol. The molecule has 1 atom stereocenters. The Kier molecular flexibility index (Phi) is 3.39. The van der Waals surface area contributed by atoms with Crippen molar-refractivity contribution in [1.82, 2.24) is 14.7 Å². The van der Waals surface area contributed by atoms with Crippen LogP contribution in [0.1, 0.15) is 24.3 Å². The van der Waals surface area contributed by atoms with Crippen molar-refractivity contribution in [2.24, 2.45) is 7.05 Å². The van der Waals surface area contributed by atoms with E-state index in [0.29, 0.717) is 11.7 Å². The van der Waals surface area contributed by atoms with Crippen LogP contribution in [-0.4, -0.2) is 14.7 Å². The zero-order valence-electron chi connectivity index (χ0n) is 11.9. The molecule has 0 spiro atoms. The first-order valence-electron chi connectivity index (χ1n) is 6.71. The monoisotopic (exact) mass is 281 g/mol. The molecule has 1 aromatic carbocycles. The molecule has 21 heavy (non-hydrogen) atoms. The molecule has 0 bridgehead atoms. The van der Waals surface area contributed by atoms with Gasteiger partial charge in [0.15, 0.2) is 0 Å². The van der Waals surface area contributed by atoms with Gasteiger partial charge in [-0.3, -0.25) is 4.79 Å². The average molecular weight is 281 g/mol. The van der Waals surface area contributed by atoms with Crippen LogP contribution < -0.4 is 5.56 Å². The summed E-state index contributed by atoms with van der Waals surface area (Å²) in [5, 5.41) is 4.00. The van der Waals surface area contributed by atoms with Gasteiger partial charge in [-0.05, 0) is 18.6 Å². The Morgan fingerprint density at radius 3 is 2.62 bits per heavy atom. The molecule has 2 heterocycles. The first kappa shape index (κ1) is 13.3. The molecule has 0 saturated heterocycles. The van der Waals surface area contributed by atoms with Crippen molar-refractivity contribution in [3.63, 3.8) is 0 Å². The van der Waals surface area contributed by atoms with Crippen molar-refractivity contribution >= 4 is 0 Å². The van der Waals surface area contributed by atoms with E-state index >= 15 is 0 Å². The molecule has 2 aromatic heterocycles. The molecule has 5 nitrogen and oxygen atoms in total. The molecule has 0 radical (unpaired) electrons. The lowest BCUT2D eigenvalue weighted by atomic mass is 10.0. The maximum absolute atomic E-state index is 11.4. The Bertz CT molecular complexity index is 806. The van der Waals surface area contributed by atoms with Crippen LogP contribution in [0.4, 0.5) is 0 Å². The number of aromatic nitrogens is 3. The summed E-state index contributed by atoms with van der Waals surface area (Å²) in [7, 11) is 1.69. The third-order valence-electron chi connectivity index (χ3n) is 3.46. The molecule has 0 aliphatic rings. The molecule has 106 valence electrons. The molecule has 0 N–H and O–H groups in total. The first-order chi connectivity index (χ1) is 10.1. The van der Waals surface area contributed by atoms with Gasteiger partial charge in [-0.15, -0.1) is 0 Å². The van der Waals surface area contributed by atoms with Crippen LogP contribution in [0, 0.1) is 0 Å². The standard InChI is InChI=1S/C16H15N3O2/c1-11(12-6-4-3-5-7-12)16-17-15(18-21-16)13-8-9-14(20)19(2)10-13/h3-11H,1-2H3/t11-/m1/s1. The number of pyridine rings is 1. The van der Waals surface area contributed by atoms with Gasteiger partial charge in [0.05, 0.1) is 5.92 Å². The van der Waals surface area contributed by atoms with Crippen LogP contribution in [-0.2, 0) is 7.05 Å². The van der Waals surface area contributed by atoms with Crippen molar-refractivity contribution in [1.29, 1.82) is 0 Å². The predicted octanol–water partition coefficient (Wildman–Crippen LogP) is 2.59. The van der Waals surface area contributed by atoms with Crippen molar-refractivity contribution in [3.05, 3.63) is 70.5 Å². The second-order valence-electron chi connectivity index (χ2n) is 4.96. The molecular weight excluding hydrogens is 266 g/mol. The highest BCUT2D eigenvalue weighted by Crippen LogP contribution is 2.24. The van der Waals surface area contributed by atoms with Gasteiger partial charge in [-0.25, -0.2) is 0 Å². The van der Waals surface area contributed by atoms with Gasteiger partial charge in [0.25, 0.3) is 0 Å². The van der Waals surface area contributed by atoms with Crippen LogP contribution in [0.25, 0.3) is 11.4 Å². The van der Waals surface area contributed by atoms with Gasteiger partial charge in [-0.2, -0.15) is 4.98 Å². The molecule has 0 amide bonds. The highest BCUT2D eigenvalue weighted by molar-refractivity contribution is 5.52. The van der Waals surface area contributed by atoms with Gasteiger partial charge >= 0.3 is 0 Å². The number of benzene rings is 1. The Morgan fingerprint density at radius 2 is 1.90 bits per heavy atom. The number of hydrogen-bond acceptors (Lipinski definition) is 4. The molecule has 0 aliphatic heterocycles. The molecule has 0 saturated carbocycles. The summed E-state index contributed by atoms with van der Waals surface area (Å²) in [5.41, 5.74) is 1.81. The third-order valence-corrected chi connectivity index (χ3v) is 3.46. The summed E-state index contributed by atoms with van der Waals surface area (Å²) in [6, 6.07) is 13.2. The van der Waals surface area contributed by atoms with E-state index in [1.807, 2.05) is 37.3 Å². The van der Waals surface area contributed by atoms with Gasteiger partial charge in [0, 0.05) is 24.9 Å². The van der Waals surface area contributed by atoms with Gasteiger partial charge in [0.1, 0.15) is 0 Å². The maximum Gasteiger partial charge on any atom is 0.250 e. The van der Waals surface area contributed by atoms with Crippen molar-refractivity contribution in [2.45, 2.75) is 12.8 Å². The summed E-state index contributed by atoms with van der Waals surface area (Å²) in [5.74, 6) is 1.08. The SMILES string of the molecule is C[C@H](c1ccccc1)c1nc(-c2ccc(=O)n(C)c2)no1. The highest BCUT2D eigenvalue weighted by Gasteiger charge is 2.17.